The van der Waals surface area contributed by atoms with Crippen LogP contribution in [0.1, 0.15) is 46.0 Å². The molecule has 1 fully saturated rings. The Labute approximate surface area is 127 Å². The monoisotopic (exact) mass is 283 g/mol. The molecule has 0 bridgehead atoms. The highest BCUT2D eigenvalue weighted by atomic mass is 15.2. The summed E-state index contributed by atoms with van der Waals surface area (Å²) in [6, 6.07) is 0. The van der Waals surface area contributed by atoms with E-state index in [4.69, 9.17) is 0 Å². The van der Waals surface area contributed by atoms with Gasteiger partial charge in [0.25, 0.3) is 0 Å². The summed E-state index contributed by atoms with van der Waals surface area (Å²) in [7, 11) is 6.62. The fourth-order valence-electron chi connectivity index (χ4n) is 3.34. The Morgan fingerprint density at radius 1 is 1.00 bits per heavy atom. The Balaban J connectivity index is 2.45. The Hall–Kier alpha value is -0.120. The van der Waals surface area contributed by atoms with Crippen molar-refractivity contribution in [1.29, 1.82) is 0 Å². The lowest BCUT2D eigenvalue weighted by molar-refractivity contribution is 0.112. The minimum Gasteiger partial charge on any atom is -0.316 e. The van der Waals surface area contributed by atoms with Crippen LogP contribution >= 0.6 is 0 Å². The molecule has 0 radical (unpaired) electrons. The van der Waals surface area contributed by atoms with Gasteiger partial charge < -0.3 is 15.1 Å². The maximum absolute atomic E-state index is 3.73. The first-order valence-electron chi connectivity index (χ1n) is 8.47. The van der Waals surface area contributed by atoms with Crippen molar-refractivity contribution in [3.63, 3.8) is 0 Å². The Kier molecular flexibility index (Phi) is 8.08. The van der Waals surface area contributed by atoms with E-state index in [1.807, 2.05) is 0 Å². The lowest BCUT2D eigenvalue weighted by atomic mass is 9.73. The molecule has 0 aromatic heterocycles. The van der Waals surface area contributed by atoms with E-state index >= 15 is 0 Å². The summed E-state index contributed by atoms with van der Waals surface area (Å²) in [4.78, 5) is 4.82. The minimum atomic E-state index is 0.522. The second kappa shape index (κ2) is 9.01. The summed E-state index contributed by atoms with van der Waals surface area (Å²) in [5, 5.41) is 3.73. The molecule has 0 amide bonds. The Bertz CT molecular complexity index is 245. The molecule has 20 heavy (non-hydrogen) atoms. The van der Waals surface area contributed by atoms with Crippen molar-refractivity contribution in [2.45, 2.75) is 46.0 Å². The average molecular weight is 284 g/mol. The predicted octanol–water partition coefficient (Wildman–Crippen LogP) is 2.68. The topological polar surface area (TPSA) is 18.5 Å². The van der Waals surface area contributed by atoms with E-state index in [1.54, 1.807) is 0 Å². The van der Waals surface area contributed by atoms with E-state index in [2.05, 4.69) is 50.1 Å². The molecule has 0 aliphatic heterocycles. The van der Waals surface area contributed by atoms with Crippen LogP contribution in [0.25, 0.3) is 0 Å². The van der Waals surface area contributed by atoms with Gasteiger partial charge in [-0.15, -0.1) is 0 Å². The smallest absolute Gasteiger partial charge is 0.0106 e. The van der Waals surface area contributed by atoms with Gasteiger partial charge in [-0.3, -0.25) is 0 Å². The summed E-state index contributed by atoms with van der Waals surface area (Å²) >= 11 is 0. The molecule has 0 aromatic carbocycles. The summed E-state index contributed by atoms with van der Waals surface area (Å²) in [5.74, 6) is 0.752. The molecular formula is C17H37N3. The summed E-state index contributed by atoms with van der Waals surface area (Å²) in [6.45, 7) is 10.5. The zero-order chi connectivity index (χ0) is 15.0. The molecule has 1 aliphatic rings. The van der Waals surface area contributed by atoms with E-state index < -0.39 is 0 Å². The van der Waals surface area contributed by atoms with Gasteiger partial charge in [-0.2, -0.15) is 0 Å². The molecule has 3 nitrogen and oxygen atoms in total. The van der Waals surface area contributed by atoms with Gasteiger partial charge in [0.05, 0.1) is 0 Å². The van der Waals surface area contributed by atoms with Crippen molar-refractivity contribution >= 4 is 0 Å². The first-order chi connectivity index (χ1) is 9.43. The second-order valence-electron chi connectivity index (χ2n) is 7.63. The fourth-order valence-corrected chi connectivity index (χ4v) is 3.34. The van der Waals surface area contributed by atoms with E-state index in [0.717, 1.165) is 19.0 Å². The van der Waals surface area contributed by atoms with E-state index in [1.165, 1.54) is 51.7 Å². The molecule has 0 atom stereocenters. The number of hydrogen-bond acceptors (Lipinski definition) is 3. The largest absolute Gasteiger partial charge is 0.316 e. The second-order valence-corrected chi connectivity index (χ2v) is 7.63. The van der Waals surface area contributed by atoms with Crippen LogP contribution in [0.3, 0.4) is 0 Å². The van der Waals surface area contributed by atoms with Gasteiger partial charge in [0.2, 0.25) is 0 Å². The molecular weight excluding hydrogens is 246 g/mol. The molecule has 3 heteroatoms. The van der Waals surface area contributed by atoms with Crippen LogP contribution in [0.15, 0.2) is 0 Å². The van der Waals surface area contributed by atoms with Crippen LogP contribution in [-0.2, 0) is 0 Å². The van der Waals surface area contributed by atoms with Gasteiger partial charge in [0.15, 0.2) is 0 Å². The number of nitrogens with one attached hydrogen (secondary N) is 1. The number of hydrogen-bond donors (Lipinski definition) is 1. The predicted molar refractivity (Wildman–Crippen MR) is 89.3 cm³/mol. The standard InChI is InChI=1S/C17H37N3/c1-16(2)13-18-14-17(9-7-6-8-10-17)15-20(5)12-11-19(3)4/h16,18H,6-15H2,1-5H3. The van der Waals surface area contributed by atoms with Crippen LogP contribution in [0.2, 0.25) is 0 Å². The SMILES string of the molecule is CC(C)CNCC1(CN(C)CCN(C)C)CCCCC1. The highest BCUT2D eigenvalue weighted by molar-refractivity contribution is 4.87. The third-order valence-electron chi connectivity index (χ3n) is 4.50. The number of rotatable bonds is 9. The normalized spacial score (nSPS) is 19.2. The molecule has 0 unspecified atom stereocenters. The van der Waals surface area contributed by atoms with Gasteiger partial charge in [-0.05, 0) is 51.9 Å². The first-order valence-corrected chi connectivity index (χ1v) is 8.47. The molecule has 0 saturated heterocycles. The average Bonchev–Trinajstić information content (AvgIpc) is 2.37. The quantitative estimate of drug-likeness (QED) is 0.702. The Morgan fingerprint density at radius 2 is 1.65 bits per heavy atom. The zero-order valence-corrected chi connectivity index (χ0v) is 14.5. The Morgan fingerprint density at radius 3 is 2.20 bits per heavy atom. The van der Waals surface area contributed by atoms with Crippen LogP contribution in [0, 0.1) is 11.3 Å². The van der Waals surface area contributed by atoms with Crippen molar-refractivity contribution < 1.29 is 0 Å². The molecule has 1 rings (SSSR count). The van der Waals surface area contributed by atoms with Gasteiger partial charge in [0, 0.05) is 26.2 Å². The molecule has 0 heterocycles. The van der Waals surface area contributed by atoms with Crippen LogP contribution in [-0.4, -0.2) is 63.7 Å². The summed E-state index contributed by atoms with van der Waals surface area (Å²) in [6.07, 6.45) is 7.10. The van der Waals surface area contributed by atoms with Crippen molar-refractivity contribution in [3.05, 3.63) is 0 Å². The summed E-state index contributed by atoms with van der Waals surface area (Å²) < 4.78 is 0. The van der Waals surface area contributed by atoms with Gasteiger partial charge in [-0.25, -0.2) is 0 Å². The highest BCUT2D eigenvalue weighted by Crippen LogP contribution is 2.36. The van der Waals surface area contributed by atoms with E-state index in [0.29, 0.717) is 5.41 Å². The van der Waals surface area contributed by atoms with Crippen molar-refractivity contribution in [2.24, 2.45) is 11.3 Å². The van der Waals surface area contributed by atoms with Crippen LogP contribution in [0.4, 0.5) is 0 Å². The third kappa shape index (κ3) is 7.05. The van der Waals surface area contributed by atoms with E-state index in [9.17, 15) is 0 Å². The number of nitrogens with zero attached hydrogens (tertiary/aromatic N) is 2. The van der Waals surface area contributed by atoms with E-state index in [-0.39, 0.29) is 0 Å². The maximum Gasteiger partial charge on any atom is 0.0106 e. The number of likely N-dealkylation sites (N-methyl/N-ethyl adjacent to an activating group) is 2. The molecule has 1 aliphatic carbocycles. The first kappa shape index (κ1) is 17.9. The molecule has 1 N–H and O–H groups in total. The zero-order valence-electron chi connectivity index (χ0n) is 14.5. The van der Waals surface area contributed by atoms with Crippen molar-refractivity contribution in [3.8, 4) is 0 Å². The van der Waals surface area contributed by atoms with Crippen LogP contribution in [0.5, 0.6) is 0 Å². The molecule has 120 valence electrons. The summed E-state index contributed by atoms with van der Waals surface area (Å²) in [5.41, 5.74) is 0.522. The lowest BCUT2D eigenvalue weighted by Crippen LogP contribution is -2.46. The maximum atomic E-state index is 3.73. The van der Waals surface area contributed by atoms with Crippen molar-refractivity contribution in [2.75, 3.05) is 53.9 Å². The molecule has 0 spiro atoms. The molecule has 1 saturated carbocycles. The highest BCUT2D eigenvalue weighted by Gasteiger charge is 2.32. The van der Waals surface area contributed by atoms with Gasteiger partial charge >= 0.3 is 0 Å². The third-order valence-corrected chi connectivity index (χ3v) is 4.50. The molecule has 0 aromatic rings. The fraction of sp³-hybridized carbons (Fsp3) is 1.00. The lowest BCUT2D eigenvalue weighted by Gasteiger charge is -2.41. The van der Waals surface area contributed by atoms with Gasteiger partial charge in [0.1, 0.15) is 0 Å². The minimum absolute atomic E-state index is 0.522. The van der Waals surface area contributed by atoms with Gasteiger partial charge in [-0.1, -0.05) is 33.1 Å². The van der Waals surface area contributed by atoms with Crippen LogP contribution < -0.4 is 5.32 Å². The van der Waals surface area contributed by atoms with Crippen molar-refractivity contribution in [1.82, 2.24) is 15.1 Å².